The number of rotatable bonds is 8. The van der Waals surface area contributed by atoms with E-state index in [4.69, 9.17) is 0 Å². The monoisotopic (exact) mass is 476 g/mol. The summed E-state index contributed by atoms with van der Waals surface area (Å²) in [7, 11) is 0. The average Bonchev–Trinajstić information content (AvgIpc) is 2.79. The largest absolute Gasteiger partial charge is 0.418 e. The van der Waals surface area contributed by atoms with E-state index in [0.717, 1.165) is 11.6 Å². The molecule has 1 saturated heterocycles. The zero-order valence-electron chi connectivity index (χ0n) is 18.6. The molecule has 1 fully saturated rings. The van der Waals surface area contributed by atoms with Crippen LogP contribution in [-0.2, 0) is 27.0 Å². The Morgan fingerprint density at radius 2 is 1.50 bits per heavy atom. The second-order valence-electron chi connectivity index (χ2n) is 8.01. The molecule has 1 aliphatic heterocycles. The van der Waals surface area contributed by atoms with E-state index < -0.39 is 17.6 Å². The van der Waals surface area contributed by atoms with Gasteiger partial charge in [-0.1, -0.05) is 42.5 Å². The highest BCUT2D eigenvalue weighted by atomic mass is 19.4. The molecule has 34 heavy (non-hydrogen) atoms. The van der Waals surface area contributed by atoms with Crippen molar-refractivity contribution in [1.29, 1.82) is 0 Å². The van der Waals surface area contributed by atoms with Crippen molar-refractivity contribution in [2.45, 2.75) is 19.0 Å². The molecule has 3 amide bonds. The van der Waals surface area contributed by atoms with E-state index in [1.54, 1.807) is 9.80 Å². The molecule has 2 aromatic rings. The second kappa shape index (κ2) is 11.6. The van der Waals surface area contributed by atoms with Crippen LogP contribution in [0, 0.1) is 0 Å². The maximum atomic E-state index is 13.1. The molecular formula is C24H27F3N4O3. The molecule has 1 aliphatic rings. The van der Waals surface area contributed by atoms with Crippen LogP contribution >= 0.6 is 0 Å². The third-order valence-electron chi connectivity index (χ3n) is 5.47. The molecule has 7 nitrogen and oxygen atoms in total. The maximum Gasteiger partial charge on any atom is 0.418 e. The Kier molecular flexibility index (Phi) is 8.64. The molecule has 0 spiro atoms. The summed E-state index contributed by atoms with van der Waals surface area (Å²) in [6.07, 6.45) is -4.13. The lowest BCUT2D eigenvalue weighted by Crippen LogP contribution is -2.50. The number of carbonyl (C=O) groups is 3. The molecular weight excluding hydrogens is 449 g/mol. The molecule has 0 atom stereocenters. The number of benzene rings is 2. The Morgan fingerprint density at radius 1 is 0.853 bits per heavy atom. The molecule has 0 bridgehead atoms. The third kappa shape index (κ3) is 7.58. The van der Waals surface area contributed by atoms with Crippen molar-refractivity contribution in [2.24, 2.45) is 0 Å². The van der Waals surface area contributed by atoms with Gasteiger partial charge in [-0.25, -0.2) is 0 Å². The van der Waals surface area contributed by atoms with E-state index in [1.165, 1.54) is 18.2 Å². The van der Waals surface area contributed by atoms with E-state index in [-0.39, 0.29) is 43.4 Å². The zero-order valence-corrected chi connectivity index (χ0v) is 18.6. The van der Waals surface area contributed by atoms with Crippen LogP contribution in [0.15, 0.2) is 54.6 Å². The highest BCUT2D eigenvalue weighted by molar-refractivity contribution is 5.93. The van der Waals surface area contributed by atoms with Crippen molar-refractivity contribution in [3.05, 3.63) is 65.7 Å². The quantitative estimate of drug-likeness (QED) is 0.614. The fraction of sp³-hybridized carbons (Fsp3) is 0.375. The Morgan fingerprint density at radius 3 is 2.18 bits per heavy atom. The molecule has 0 saturated carbocycles. The van der Waals surface area contributed by atoms with Gasteiger partial charge in [0.15, 0.2) is 0 Å². The van der Waals surface area contributed by atoms with Crippen LogP contribution in [0.2, 0.25) is 0 Å². The van der Waals surface area contributed by atoms with Crippen LogP contribution in [-0.4, -0.2) is 66.8 Å². The lowest BCUT2D eigenvalue weighted by Gasteiger charge is -2.34. The molecule has 0 radical (unpaired) electrons. The minimum atomic E-state index is -4.56. The smallest absolute Gasteiger partial charge is 0.355 e. The summed E-state index contributed by atoms with van der Waals surface area (Å²) in [6.45, 7) is 1.85. The lowest BCUT2D eigenvalue weighted by molar-refractivity contribution is -0.137. The van der Waals surface area contributed by atoms with Gasteiger partial charge in [-0.05, 0) is 17.7 Å². The van der Waals surface area contributed by atoms with Gasteiger partial charge in [0.1, 0.15) is 0 Å². The Balaban J connectivity index is 1.37. The topological polar surface area (TPSA) is 81.8 Å². The number of anilines is 1. The van der Waals surface area contributed by atoms with Crippen LogP contribution in [0.25, 0.3) is 0 Å². The van der Waals surface area contributed by atoms with Crippen LogP contribution in [0.3, 0.4) is 0 Å². The lowest BCUT2D eigenvalue weighted by atomic mass is 10.1. The van der Waals surface area contributed by atoms with Crippen molar-refractivity contribution < 1.29 is 27.6 Å². The molecule has 10 heteroatoms. The standard InChI is InChI=1S/C24H27F3N4O3/c25-24(26,27)19-8-4-5-9-20(19)29-22(33)17-30-12-14-31(15-13-30)23(34)10-11-28-21(32)16-18-6-2-1-3-7-18/h1-9H,10-17H2,(H,28,32)(H,29,33). The predicted octanol–water partition coefficient (Wildman–Crippen LogP) is 2.54. The fourth-order valence-electron chi connectivity index (χ4n) is 3.70. The Bertz CT molecular complexity index is 990. The van der Waals surface area contributed by atoms with Crippen molar-refractivity contribution in [3.8, 4) is 0 Å². The van der Waals surface area contributed by atoms with E-state index >= 15 is 0 Å². The van der Waals surface area contributed by atoms with Crippen molar-refractivity contribution >= 4 is 23.4 Å². The van der Waals surface area contributed by atoms with Gasteiger partial charge >= 0.3 is 6.18 Å². The minimum Gasteiger partial charge on any atom is -0.355 e. The van der Waals surface area contributed by atoms with Crippen molar-refractivity contribution in [2.75, 3.05) is 44.6 Å². The summed E-state index contributed by atoms with van der Waals surface area (Å²) < 4.78 is 39.3. The summed E-state index contributed by atoms with van der Waals surface area (Å²) in [5.41, 5.74) is -0.272. The van der Waals surface area contributed by atoms with E-state index in [0.29, 0.717) is 26.2 Å². The fourth-order valence-corrected chi connectivity index (χ4v) is 3.70. The van der Waals surface area contributed by atoms with Gasteiger partial charge in [0, 0.05) is 39.1 Å². The van der Waals surface area contributed by atoms with Gasteiger partial charge in [-0.2, -0.15) is 13.2 Å². The summed E-state index contributed by atoms with van der Waals surface area (Å²) in [5.74, 6) is -0.789. The molecule has 1 heterocycles. The van der Waals surface area contributed by atoms with Crippen molar-refractivity contribution in [1.82, 2.24) is 15.1 Å². The van der Waals surface area contributed by atoms with Gasteiger partial charge in [0.05, 0.1) is 24.2 Å². The number of hydrogen-bond acceptors (Lipinski definition) is 4. The molecule has 182 valence electrons. The third-order valence-corrected chi connectivity index (χ3v) is 5.47. The van der Waals surface area contributed by atoms with Gasteiger partial charge in [-0.3, -0.25) is 19.3 Å². The molecule has 0 aliphatic carbocycles. The van der Waals surface area contributed by atoms with Gasteiger partial charge in [-0.15, -0.1) is 0 Å². The number of nitrogens with one attached hydrogen (secondary N) is 2. The number of alkyl halides is 3. The van der Waals surface area contributed by atoms with Crippen LogP contribution in [0.5, 0.6) is 0 Å². The zero-order chi connectivity index (χ0) is 24.6. The molecule has 2 aromatic carbocycles. The van der Waals surface area contributed by atoms with E-state index in [9.17, 15) is 27.6 Å². The second-order valence-corrected chi connectivity index (χ2v) is 8.01. The summed E-state index contributed by atoms with van der Waals surface area (Å²) >= 11 is 0. The first-order chi connectivity index (χ1) is 16.2. The van der Waals surface area contributed by atoms with Crippen LogP contribution in [0.4, 0.5) is 18.9 Å². The molecule has 0 unspecified atom stereocenters. The first-order valence-corrected chi connectivity index (χ1v) is 11.0. The first kappa shape index (κ1) is 25.2. The van der Waals surface area contributed by atoms with E-state index in [1.807, 2.05) is 30.3 Å². The maximum absolute atomic E-state index is 13.1. The Hall–Kier alpha value is -3.40. The normalized spacial score (nSPS) is 14.5. The molecule has 2 N–H and O–H groups in total. The number of carbonyl (C=O) groups excluding carboxylic acids is 3. The highest BCUT2D eigenvalue weighted by Gasteiger charge is 2.33. The molecule has 3 rings (SSSR count). The number of para-hydroxylation sites is 1. The predicted molar refractivity (Wildman–Crippen MR) is 121 cm³/mol. The number of nitrogens with zero attached hydrogens (tertiary/aromatic N) is 2. The summed E-state index contributed by atoms with van der Waals surface area (Å²) in [4.78, 5) is 40.1. The summed E-state index contributed by atoms with van der Waals surface area (Å²) in [5, 5.41) is 5.08. The average molecular weight is 476 g/mol. The van der Waals surface area contributed by atoms with Gasteiger partial charge in [0.25, 0.3) is 0 Å². The summed E-state index contributed by atoms with van der Waals surface area (Å²) in [6, 6.07) is 14.1. The number of hydrogen-bond donors (Lipinski definition) is 2. The number of amides is 3. The number of halogens is 3. The first-order valence-electron chi connectivity index (χ1n) is 11.0. The van der Waals surface area contributed by atoms with E-state index in [2.05, 4.69) is 10.6 Å². The molecule has 0 aromatic heterocycles. The van der Waals surface area contributed by atoms with Crippen LogP contribution in [0.1, 0.15) is 17.5 Å². The van der Waals surface area contributed by atoms with Crippen LogP contribution < -0.4 is 10.6 Å². The minimum absolute atomic E-state index is 0.0657. The van der Waals surface area contributed by atoms with Gasteiger partial charge < -0.3 is 15.5 Å². The van der Waals surface area contributed by atoms with Crippen molar-refractivity contribution in [3.63, 3.8) is 0 Å². The van der Waals surface area contributed by atoms with Gasteiger partial charge in [0.2, 0.25) is 17.7 Å². The highest BCUT2D eigenvalue weighted by Crippen LogP contribution is 2.34. The number of piperazine rings is 1. The Labute approximate surface area is 195 Å². The SMILES string of the molecule is O=C(Cc1ccccc1)NCCC(=O)N1CCN(CC(=O)Nc2ccccc2C(F)(F)F)CC1.